The summed E-state index contributed by atoms with van der Waals surface area (Å²) < 4.78 is 29.0. The molecule has 0 aromatic rings. The van der Waals surface area contributed by atoms with Crippen molar-refractivity contribution in [2.24, 2.45) is 0 Å². The van der Waals surface area contributed by atoms with Gasteiger partial charge in [-0.1, -0.05) is 57.8 Å². The first-order valence-electron chi connectivity index (χ1n) is 11.8. The minimum Gasteiger partial charge on any atom is -0.383 e. The Bertz CT molecular complexity index is 718. The van der Waals surface area contributed by atoms with Crippen molar-refractivity contribution in [3.05, 3.63) is 11.8 Å². The summed E-state index contributed by atoms with van der Waals surface area (Å²) >= 11 is 0. The van der Waals surface area contributed by atoms with Gasteiger partial charge in [0.1, 0.15) is 11.6 Å². The van der Waals surface area contributed by atoms with Gasteiger partial charge in [-0.15, -0.1) is 0 Å². The van der Waals surface area contributed by atoms with Gasteiger partial charge in [0.2, 0.25) is 0 Å². The fourth-order valence-electron chi connectivity index (χ4n) is 4.46. The Balaban J connectivity index is 2.03. The zero-order valence-corrected chi connectivity index (χ0v) is 19.8. The number of methoxy groups -OCH3 is 1. The molecule has 31 heavy (non-hydrogen) atoms. The number of carbonyl (C=O) groups excluding carboxylic acids is 1. The van der Waals surface area contributed by atoms with Gasteiger partial charge < -0.3 is 15.0 Å². The average molecular weight is 454 g/mol. The minimum absolute atomic E-state index is 0.0338. The van der Waals surface area contributed by atoms with Crippen LogP contribution >= 0.6 is 0 Å². The fourth-order valence-corrected chi connectivity index (χ4v) is 6.20. The van der Waals surface area contributed by atoms with Gasteiger partial charge in [0, 0.05) is 31.9 Å². The first-order chi connectivity index (χ1) is 14.9. The van der Waals surface area contributed by atoms with Crippen LogP contribution in [0.15, 0.2) is 11.8 Å². The highest BCUT2D eigenvalue weighted by Crippen LogP contribution is 2.20. The Morgan fingerprint density at radius 1 is 1.06 bits per heavy atom. The fraction of sp³-hybridized carbons (Fsp3) is 0.826. The Hall–Kier alpha value is -1.59. The van der Waals surface area contributed by atoms with E-state index in [0.29, 0.717) is 19.6 Å². The van der Waals surface area contributed by atoms with E-state index in [9.17, 15) is 18.5 Å². The van der Waals surface area contributed by atoms with Crippen LogP contribution in [0.25, 0.3) is 0 Å². The highest BCUT2D eigenvalue weighted by Gasteiger charge is 2.31. The summed E-state index contributed by atoms with van der Waals surface area (Å²) in [6.07, 6.45) is 14.9. The van der Waals surface area contributed by atoms with Crippen molar-refractivity contribution < 1.29 is 17.9 Å². The van der Waals surface area contributed by atoms with E-state index in [1.807, 2.05) is 6.07 Å². The summed E-state index contributed by atoms with van der Waals surface area (Å²) in [5.74, 6) is -0.163. The van der Waals surface area contributed by atoms with Crippen molar-refractivity contribution >= 4 is 15.7 Å². The standard InChI is InChI=1S/C23H39N3O4S/c1-30-15-14-26(22-13-16-31(28,29)19-22)18-20(17-24)23(27)25-21-11-9-7-5-3-2-4-6-8-10-12-21/h18,21-22H,2-16,19H2,1H3,(H,25,27)/b20-18-. The van der Waals surface area contributed by atoms with E-state index in [-0.39, 0.29) is 35.1 Å². The molecule has 2 aliphatic rings. The molecule has 8 heteroatoms. The number of rotatable bonds is 7. The third-order valence-electron chi connectivity index (χ3n) is 6.33. The molecule has 0 spiro atoms. The molecule has 176 valence electrons. The van der Waals surface area contributed by atoms with E-state index in [1.54, 1.807) is 12.0 Å². The molecule has 1 heterocycles. The number of sulfone groups is 1. The molecule has 1 atom stereocenters. The van der Waals surface area contributed by atoms with Crippen molar-refractivity contribution in [1.82, 2.24) is 10.2 Å². The number of nitrogens with one attached hydrogen (secondary N) is 1. The molecule has 1 saturated heterocycles. The van der Waals surface area contributed by atoms with Crippen LogP contribution in [-0.2, 0) is 19.4 Å². The number of nitriles is 1. The molecule has 0 aromatic carbocycles. The van der Waals surface area contributed by atoms with Gasteiger partial charge in [0.15, 0.2) is 9.84 Å². The smallest absolute Gasteiger partial charge is 0.263 e. The zero-order chi connectivity index (χ0) is 22.5. The maximum Gasteiger partial charge on any atom is 0.263 e. The Kier molecular flexibility index (Phi) is 11.4. The largest absolute Gasteiger partial charge is 0.383 e. The lowest BCUT2D eigenvalue weighted by molar-refractivity contribution is -0.118. The third-order valence-corrected chi connectivity index (χ3v) is 8.08. The molecule has 1 N–H and O–H groups in total. The maximum atomic E-state index is 12.9. The van der Waals surface area contributed by atoms with Crippen LogP contribution in [-0.4, -0.2) is 63.1 Å². The zero-order valence-electron chi connectivity index (χ0n) is 19.0. The molecule has 1 amide bonds. The highest BCUT2D eigenvalue weighted by atomic mass is 32.2. The van der Waals surface area contributed by atoms with E-state index in [4.69, 9.17) is 4.74 Å². The summed E-state index contributed by atoms with van der Waals surface area (Å²) in [4.78, 5) is 14.7. The molecular weight excluding hydrogens is 414 g/mol. The van der Waals surface area contributed by atoms with Crippen molar-refractivity contribution in [2.75, 3.05) is 31.8 Å². The minimum atomic E-state index is -3.07. The summed E-state index contributed by atoms with van der Waals surface area (Å²) in [6.45, 7) is 0.842. The van der Waals surface area contributed by atoms with E-state index >= 15 is 0 Å². The number of carbonyl (C=O) groups is 1. The first-order valence-corrected chi connectivity index (χ1v) is 13.6. The quantitative estimate of drug-likeness (QED) is 0.469. The van der Waals surface area contributed by atoms with Crippen molar-refractivity contribution in [1.29, 1.82) is 5.26 Å². The van der Waals surface area contributed by atoms with E-state index in [2.05, 4.69) is 5.32 Å². The summed E-state index contributed by atoms with van der Waals surface area (Å²) in [5, 5.41) is 12.7. The number of hydrogen-bond donors (Lipinski definition) is 1. The average Bonchev–Trinajstić information content (AvgIpc) is 3.09. The maximum absolute atomic E-state index is 12.9. The summed E-state index contributed by atoms with van der Waals surface area (Å²) in [7, 11) is -1.49. The van der Waals surface area contributed by atoms with Crippen LogP contribution in [0.5, 0.6) is 0 Å². The molecule has 1 saturated carbocycles. The molecule has 2 fully saturated rings. The van der Waals surface area contributed by atoms with Crippen LogP contribution in [0, 0.1) is 11.3 Å². The summed E-state index contributed by atoms with van der Waals surface area (Å²) in [6, 6.07) is 1.89. The lowest BCUT2D eigenvalue weighted by Gasteiger charge is -2.27. The van der Waals surface area contributed by atoms with E-state index in [0.717, 1.165) is 25.7 Å². The van der Waals surface area contributed by atoms with Crippen molar-refractivity contribution in [3.63, 3.8) is 0 Å². The van der Waals surface area contributed by atoms with Gasteiger partial charge in [-0.3, -0.25) is 4.79 Å². The monoisotopic (exact) mass is 453 g/mol. The number of amides is 1. The Morgan fingerprint density at radius 3 is 2.13 bits per heavy atom. The Morgan fingerprint density at radius 2 is 1.65 bits per heavy atom. The molecule has 0 aromatic heterocycles. The predicted molar refractivity (Wildman–Crippen MR) is 122 cm³/mol. The van der Waals surface area contributed by atoms with Gasteiger partial charge in [0.25, 0.3) is 5.91 Å². The molecule has 0 radical (unpaired) electrons. The van der Waals surface area contributed by atoms with Crippen LogP contribution in [0.3, 0.4) is 0 Å². The van der Waals surface area contributed by atoms with Gasteiger partial charge in [0.05, 0.1) is 18.1 Å². The number of ether oxygens (including phenoxy) is 1. The number of nitrogens with zero attached hydrogens (tertiary/aromatic N) is 2. The van der Waals surface area contributed by atoms with E-state index in [1.165, 1.54) is 51.1 Å². The molecule has 1 aliphatic carbocycles. The van der Waals surface area contributed by atoms with Crippen molar-refractivity contribution in [3.8, 4) is 6.07 Å². The van der Waals surface area contributed by atoms with Gasteiger partial charge in [-0.25, -0.2) is 8.42 Å². The van der Waals surface area contributed by atoms with Crippen LogP contribution in [0.1, 0.15) is 77.0 Å². The molecule has 1 unspecified atom stereocenters. The van der Waals surface area contributed by atoms with Crippen molar-refractivity contribution in [2.45, 2.75) is 89.1 Å². The first kappa shape index (κ1) is 25.7. The molecule has 1 aliphatic heterocycles. The van der Waals surface area contributed by atoms with Crippen LogP contribution in [0.2, 0.25) is 0 Å². The SMILES string of the molecule is COCCN(/C=C(/C#N)C(=O)NC1CCCCCCCCCCC1)C1CCS(=O)(=O)C1. The normalized spacial score (nSPS) is 23.9. The third kappa shape index (κ3) is 9.61. The lowest BCUT2D eigenvalue weighted by Crippen LogP contribution is -2.38. The van der Waals surface area contributed by atoms with Gasteiger partial charge >= 0.3 is 0 Å². The molecular formula is C23H39N3O4S. The predicted octanol–water partition coefficient (Wildman–Crippen LogP) is 3.32. The van der Waals surface area contributed by atoms with Crippen LogP contribution in [0.4, 0.5) is 0 Å². The molecule has 2 rings (SSSR count). The Labute approximate surface area is 188 Å². The summed E-state index contributed by atoms with van der Waals surface area (Å²) in [5.41, 5.74) is 0.0338. The second-order valence-corrected chi connectivity index (χ2v) is 11.1. The molecule has 0 bridgehead atoms. The van der Waals surface area contributed by atoms with Gasteiger partial charge in [-0.2, -0.15) is 5.26 Å². The number of hydrogen-bond acceptors (Lipinski definition) is 6. The van der Waals surface area contributed by atoms with Crippen LogP contribution < -0.4 is 5.32 Å². The highest BCUT2D eigenvalue weighted by molar-refractivity contribution is 7.91. The second kappa shape index (κ2) is 13.7. The van der Waals surface area contributed by atoms with Gasteiger partial charge in [-0.05, 0) is 19.3 Å². The lowest BCUT2D eigenvalue weighted by atomic mass is 9.97. The second-order valence-electron chi connectivity index (χ2n) is 8.87. The molecule has 7 nitrogen and oxygen atoms in total. The van der Waals surface area contributed by atoms with E-state index < -0.39 is 9.84 Å². The topological polar surface area (TPSA) is 99.5 Å².